The van der Waals surface area contributed by atoms with Gasteiger partial charge in [-0.2, -0.15) is 0 Å². The van der Waals surface area contributed by atoms with Gasteiger partial charge in [-0.15, -0.1) is 0 Å². The Labute approximate surface area is 170 Å². The summed E-state index contributed by atoms with van der Waals surface area (Å²) < 4.78 is 11.8. The molecule has 0 unspecified atom stereocenters. The van der Waals surface area contributed by atoms with Crippen LogP contribution in [0, 0.1) is 17.8 Å². The number of rotatable bonds is 4. The molecule has 5 nitrogen and oxygen atoms in total. The molecule has 1 N–H and O–H groups in total. The maximum atomic E-state index is 13.1. The Morgan fingerprint density at radius 2 is 1.97 bits per heavy atom. The van der Waals surface area contributed by atoms with Crippen molar-refractivity contribution in [2.45, 2.75) is 37.8 Å². The number of benzene rings is 2. The number of nitrogens with one attached hydrogen (secondary N) is 1. The van der Waals surface area contributed by atoms with E-state index in [4.69, 9.17) is 9.47 Å². The number of fused-ring (bicyclic) bond motifs is 3. The second-order valence-electron chi connectivity index (χ2n) is 8.49. The molecule has 2 fully saturated rings. The number of methoxy groups -OCH3 is 1. The fraction of sp³-hybridized carbons (Fsp3) is 0.417. The van der Waals surface area contributed by atoms with Crippen molar-refractivity contribution in [2.75, 3.05) is 7.11 Å². The third-order valence-electron chi connectivity index (χ3n) is 6.90. The van der Waals surface area contributed by atoms with Gasteiger partial charge >= 0.3 is 0 Å². The van der Waals surface area contributed by atoms with Gasteiger partial charge in [0.05, 0.1) is 25.1 Å². The first-order valence-corrected chi connectivity index (χ1v) is 10.3. The van der Waals surface area contributed by atoms with Gasteiger partial charge in [0.25, 0.3) is 0 Å². The van der Waals surface area contributed by atoms with Crippen LogP contribution in [-0.4, -0.2) is 24.4 Å². The number of Topliss-reactive ketones (excluding diaryl/α,β-unsaturated/α-hetero) is 1. The molecule has 5 heteroatoms. The molecular formula is C24H25NO4. The van der Waals surface area contributed by atoms with E-state index < -0.39 is 5.60 Å². The minimum atomic E-state index is -0.522. The normalized spacial score (nSPS) is 30.1. The van der Waals surface area contributed by atoms with Crippen LogP contribution in [0.2, 0.25) is 0 Å². The Morgan fingerprint density at radius 3 is 2.79 bits per heavy atom. The summed E-state index contributed by atoms with van der Waals surface area (Å²) in [5, 5.41) is 3.15. The summed E-state index contributed by atoms with van der Waals surface area (Å²) in [6.45, 7) is 1.97. The van der Waals surface area contributed by atoms with E-state index in [0.29, 0.717) is 23.7 Å². The van der Waals surface area contributed by atoms with E-state index >= 15 is 0 Å². The number of amides is 1. The predicted molar refractivity (Wildman–Crippen MR) is 108 cm³/mol. The molecule has 1 heterocycles. The second kappa shape index (κ2) is 6.61. The summed E-state index contributed by atoms with van der Waals surface area (Å²) in [7, 11) is 1.64. The van der Waals surface area contributed by atoms with E-state index in [2.05, 4.69) is 5.32 Å². The summed E-state index contributed by atoms with van der Waals surface area (Å²) in [4.78, 5) is 25.8. The zero-order chi connectivity index (χ0) is 20.2. The lowest BCUT2D eigenvalue weighted by atomic mass is 9.84. The quantitative estimate of drug-likeness (QED) is 0.858. The highest BCUT2D eigenvalue weighted by Gasteiger charge is 2.70. The van der Waals surface area contributed by atoms with E-state index in [0.717, 1.165) is 24.2 Å². The van der Waals surface area contributed by atoms with Gasteiger partial charge in [-0.1, -0.05) is 30.3 Å². The molecule has 0 radical (unpaired) electrons. The number of hydrogen-bond acceptors (Lipinski definition) is 4. The summed E-state index contributed by atoms with van der Waals surface area (Å²) in [5.41, 5.74) is 1.10. The first-order valence-electron chi connectivity index (χ1n) is 10.3. The summed E-state index contributed by atoms with van der Waals surface area (Å²) in [5.74, 6) is 1.94. The smallest absolute Gasteiger partial charge is 0.224 e. The van der Waals surface area contributed by atoms with Gasteiger partial charge in [-0.05, 0) is 43.9 Å². The van der Waals surface area contributed by atoms with Crippen molar-refractivity contribution in [3.8, 4) is 11.5 Å². The fourth-order valence-electron chi connectivity index (χ4n) is 5.53. The molecule has 1 spiro atoms. The van der Waals surface area contributed by atoms with Crippen molar-refractivity contribution in [1.29, 1.82) is 0 Å². The number of ketones is 1. The SMILES string of the molecule is COc1ccccc1[C@H](C)NC(=O)[C@@H]1[C@@H]2CC[C@]3(CC(=O)c4ccccc4O3)[C@@H]21. The molecule has 0 bridgehead atoms. The van der Waals surface area contributed by atoms with Crippen molar-refractivity contribution in [2.24, 2.45) is 17.8 Å². The molecule has 1 aliphatic heterocycles. The molecule has 0 saturated heterocycles. The van der Waals surface area contributed by atoms with Crippen LogP contribution in [0.25, 0.3) is 0 Å². The van der Waals surface area contributed by atoms with Crippen molar-refractivity contribution < 1.29 is 19.1 Å². The zero-order valence-corrected chi connectivity index (χ0v) is 16.7. The van der Waals surface area contributed by atoms with Gasteiger partial charge < -0.3 is 14.8 Å². The average Bonchev–Trinajstić information content (AvgIpc) is 3.39. The Balaban J connectivity index is 1.32. The van der Waals surface area contributed by atoms with Gasteiger partial charge in [-0.25, -0.2) is 0 Å². The molecule has 1 amide bonds. The zero-order valence-electron chi connectivity index (χ0n) is 16.7. The van der Waals surface area contributed by atoms with E-state index in [-0.39, 0.29) is 29.6 Å². The van der Waals surface area contributed by atoms with Crippen molar-refractivity contribution in [3.05, 3.63) is 59.7 Å². The van der Waals surface area contributed by atoms with Gasteiger partial charge in [0.15, 0.2) is 5.78 Å². The topological polar surface area (TPSA) is 64.6 Å². The number of carbonyl (C=O) groups is 2. The van der Waals surface area contributed by atoms with E-state index in [1.165, 1.54) is 0 Å². The van der Waals surface area contributed by atoms with Crippen molar-refractivity contribution in [3.63, 3.8) is 0 Å². The van der Waals surface area contributed by atoms with Crippen LogP contribution in [0.3, 0.4) is 0 Å². The highest BCUT2D eigenvalue weighted by molar-refractivity contribution is 6.00. The van der Waals surface area contributed by atoms with Crippen LogP contribution in [0.5, 0.6) is 11.5 Å². The van der Waals surface area contributed by atoms with Crippen LogP contribution < -0.4 is 14.8 Å². The van der Waals surface area contributed by atoms with Gasteiger partial charge in [-0.3, -0.25) is 9.59 Å². The monoisotopic (exact) mass is 391 g/mol. The molecule has 5 rings (SSSR count). The molecular weight excluding hydrogens is 366 g/mol. The third kappa shape index (κ3) is 2.83. The molecule has 2 aromatic rings. The summed E-state index contributed by atoms with van der Waals surface area (Å²) in [6, 6.07) is 15.0. The van der Waals surface area contributed by atoms with Crippen LogP contribution in [0.1, 0.15) is 48.1 Å². The molecule has 2 aromatic carbocycles. The minimum Gasteiger partial charge on any atom is -0.496 e. The summed E-state index contributed by atoms with van der Waals surface area (Å²) >= 11 is 0. The molecule has 29 heavy (non-hydrogen) atoms. The molecule has 0 aromatic heterocycles. The van der Waals surface area contributed by atoms with E-state index in [1.54, 1.807) is 7.11 Å². The van der Waals surface area contributed by atoms with Crippen LogP contribution >= 0.6 is 0 Å². The van der Waals surface area contributed by atoms with Crippen molar-refractivity contribution in [1.82, 2.24) is 5.32 Å². The van der Waals surface area contributed by atoms with E-state index in [9.17, 15) is 9.59 Å². The lowest BCUT2D eigenvalue weighted by Gasteiger charge is -2.37. The maximum Gasteiger partial charge on any atom is 0.224 e. The third-order valence-corrected chi connectivity index (χ3v) is 6.90. The molecule has 2 saturated carbocycles. The van der Waals surface area contributed by atoms with Crippen LogP contribution in [0.15, 0.2) is 48.5 Å². The molecule has 150 valence electrons. The Hall–Kier alpha value is -2.82. The molecule has 2 aliphatic carbocycles. The number of carbonyl (C=O) groups excluding carboxylic acids is 2. The summed E-state index contributed by atoms with van der Waals surface area (Å²) in [6.07, 6.45) is 2.15. The maximum absolute atomic E-state index is 13.1. The molecule has 3 aliphatic rings. The highest BCUT2D eigenvalue weighted by atomic mass is 16.5. The second-order valence-corrected chi connectivity index (χ2v) is 8.49. The lowest BCUT2D eigenvalue weighted by molar-refractivity contribution is -0.124. The lowest BCUT2D eigenvalue weighted by Crippen LogP contribution is -2.44. The number of ether oxygens (including phenoxy) is 2. The van der Waals surface area contributed by atoms with Crippen LogP contribution in [0.4, 0.5) is 0 Å². The van der Waals surface area contributed by atoms with Gasteiger partial charge in [0.2, 0.25) is 5.91 Å². The first-order chi connectivity index (χ1) is 14.0. The Kier molecular flexibility index (Phi) is 4.16. The van der Waals surface area contributed by atoms with Gasteiger partial charge in [0.1, 0.15) is 17.1 Å². The number of para-hydroxylation sites is 2. The average molecular weight is 391 g/mol. The number of hydrogen-bond donors (Lipinski definition) is 1. The van der Waals surface area contributed by atoms with Crippen LogP contribution in [-0.2, 0) is 4.79 Å². The fourth-order valence-corrected chi connectivity index (χ4v) is 5.53. The standard InChI is InChI=1S/C24H25NO4/c1-14(15-7-3-5-9-19(15)28-2)25-23(27)21-17-11-12-24(22(17)21)13-18(26)16-8-4-6-10-20(16)29-24/h3-10,14,17,21-22H,11-13H2,1-2H3,(H,25,27)/t14-,17-,21+,22-,24-/m0/s1. The van der Waals surface area contributed by atoms with Crippen molar-refractivity contribution >= 4 is 11.7 Å². The predicted octanol–water partition coefficient (Wildman–Crippen LogP) is 3.93. The first kappa shape index (κ1) is 18.2. The minimum absolute atomic E-state index is 0.0485. The van der Waals surface area contributed by atoms with Gasteiger partial charge in [0, 0.05) is 17.4 Å². The largest absolute Gasteiger partial charge is 0.496 e. The molecule has 5 atom stereocenters. The Morgan fingerprint density at radius 1 is 1.21 bits per heavy atom. The Bertz CT molecular complexity index is 986. The van der Waals surface area contributed by atoms with E-state index in [1.807, 2.05) is 55.5 Å². The highest BCUT2D eigenvalue weighted by Crippen LogP contribution is 2.65.